The lowest BCUT2D eigenvalue weighted by molar-refractivity contribution is 0.475. The zero-order valence-electron chi connectivity index (χ0n) is 12.7. The predicted molar refractivity (Wildman–Crippen MR) is 85.3 cm³/mol. The van der Waals surface area contributed by atoms with E-state index in [0.29, 0.717) is 0 Å². The molecule has 0 bridgehead atoms. The van der Waals surface area contributed by atoms with Crippen molar-refractivity contribution in [3.8, 4) is 5.75 Å². The smallest absolute Gasteiger partial charge is 0.206 e. The summed E-state index contributed by atoms with van der Waals surface area (Å²) in [4.78, 5) is 0.438. The van der Waals surface area contributed by atoms with Crippen LogP contribution in [0.4, 0.5) is 0 Å². The van der Waals surface area contributed by atoms with Crippen LogP contribution >= 0.6 is 0 Å². The molecule has 0 saturated heterocycles. The van der Waals surface area contributed by atoms with Crippen molar-refractivity contribution in [2.24, 2.45) is 0 Å². The predicted octanol–water partition coefficient (Wildman–Crippen LogP) is 4.34. The minimum atomic E-state index is -3.48. The molecule has 0 amide bonds. The first-order chi connectivity index (χ1) is 9.91. The van der Waals surface area contributed by atoms with Gasteiger partial charge in [-0.1, -0.05) is 44.4 Å². The molecule has 0 aliphatic heterocycles. The van der Waals surface area contributed by atoms with Crippen molar-refractivity contribution in [2.75, 3.05) is 0 Å². The molecule has 0 radical (unpaired) electrons. The Morgan fingerprint density at radius 3 is 1.57 bits per heavy atom. The Balaban J connectivity index is 0.000000491. The number of aryl methyl sites for hydroxylation is 1. The second-order valence-corrected chi connectivity index (χ2v) is 6.76. The van der Waals surface area contributed by atoms with E-state index in [1.807, 2.05) is 6.92 Å². The molecule has 21 heavy (non-hydrogen) atoms. The summed E-state index contributed by atoms with van der Waals surface area (Å²) in [6.45, 7) is 6.26. The van der Waals surface area contributed by atoms with E-state index in [1.54, 1.807) is 24.3 Å². The van der Waals surface area contributed by atoms with Crippen molar-refractivity contribution in [3.05, 3.63) is 54.1 Å². The molecule has 0 aliphatic rings. The number of rotatable bonds is 3. The number of hydrogen-bond acceptors (Lipinski definition) is 3. The number of phenolic OH excluding ortho intramolecular Hbond substituents is 1. The molecular weight excluding hydrogens is 284 g/mol. The van der Waals surface area contributed by atoms with E-state index in [4.69, 9.17) is 5.11 Å². The van der Waals surface area contributed by atoms with E-state index in [-0.39, 0.29) is 15.5 Å². The van der Waals surface area contributed by atoms with Crippen LogP contribution in [0.2, 0.25) is 0 Å². The van der Waals surface area contributed by atoms with E-state index in [0.717, 1.165) is 5.56 Å². The third-order valence-electron chi connectivity index (χ3n) is 2.98. The van der Waals surface area contributed by atoms with Gasteiger partial charge in [0.25, 0.3) is 0 Å². The molecule has 0 spiro atoms. The number of benzene rings is 2. The maximum atomic E-state index is 12.2. The molecule has 2 aromatic carbocycles. The number of hydrogen-bond donors (Lipinski definition) is 1. The normalized spacial score (nSPS) is 10.6. The van der Waals surface area contributed by atoms with Crippen LogP contribution in [0.25, 0.3) is 0 Å². The molecule has 4 heteroatoms. The molecule has 0 aliphatic carbocycles. The van der Waals surface area contributed by atoms with Crippen LogP contribution in [-0.2, 0) is 9.84 Å². The minimum absolute atomic E-state index is 0.0489. The summed E-state index contributed by atoms with van der Waals surface area (Å²) >= 11 is 0. The number of aromatic hydroxyl groups is 1. The van der Waals surface area contributed by atoms with Crippen molar-refractivity contribution in [2.45, 2.75) is 43.4 Å². The van der Waals surface area contributed by atoms with E-state index < -0.39 is 9.84 Å². The maximum Gasteiger partial charge on any atom is 0.206 e. The van der Waals surface area contributed by atoms with Gasteiger partial charge in [-0.05, 0) is 43.3 Å². The van der Waals surface area contributed by atoms with Crippen LogP contribution in [0.1, 0.15) is 32.3 Å². The van der Waals surface area contributed by atoms with E-state index in [1.165, 1.54) is 37.1 Å². The largest absolute Gasteiger partial charge is 0.508 e. The summed E-state index contributed by atoms with van der Waals surface area (Å²) in [6, 6.07) is 12.2. The van der Waals surface area contributed by atoms with E-state index in [9.17, 15) is 8.42 Å². The van der Waals surface area contributed by atoms with Gasteiger partial charge in [0.15, 0.2) is 0 Å². The summed E-state index contributed by atoms with van der Waals surface area (Å²) in [6.07, 6.45) is 2.64. The van der Waals surface area contributed by atoms with Gasteiger partial charge in [0.05, 0.1) is 9.79 Å². The molecule has 2 aromatic rings. The highest BCUT2D eigenvalue weighted by molar-refractivity contribution is 7.91. The third kappa shape index (κ3) is 4.90. The average molecular weight is 306 g/mol. The lowest BCUT2D eigenvalue weighted by atomic mass is 10.2. The second kappa shape index (κ2) is 7.84. The Morgan fingerprint density at radius 2 is 1.19 bits per heavy atom. The molecule has 0 atom stereocenters. The van der Waals surface area contributed by atoms with Crippen molar-refractivity contribution in [3.63, 3.8) is 0 Å². The molecule has 0 unspecified atom stereocenters. The lowest BCUT2D eigenvalue weighted by Gasteiger charge is -2.04. The summed E-state index contributed by atoms with van der Waals surface area (Å²) in [7, 11) is -3.48. The van der Waals surface area contributed by atoms with Crippen LogP contribution in [0.3, 0.4) is 0 Å². The van der Waals surface area contributed by atoms with Gasteiger partial charge < -0.3 is 5.11 Å². The van der Waals surface area contributed by atoms with Crippen LogP contribution in [-0.4, -0.2) is 13.5 Å². The van der Waals surface area contributed by atoms with Gasteiger partial charge in [-0.15, -0.1) is 0 Å². The van der Waals surface area contributed by atoms with Gasteiger partial charge in [0, 0.05) is 0 Å². The Bertz CT molecular complexity index is 588. The highest BCUT2D eigenvalue weighted by atomic mass is 32.2. The Labute approximate surface area is 127 Å². The zero-order valence-corrected chi connectivity index (χ0v) is 13.5. The van der Waals surface area contributed by atoms with Gasteiger partial charge >= 0.3 is 0 Å². The second-order valence-electron chi connectivity index (χ2n) is 4.81. The molecule has 0 aromatic heterocycles. The fourth-order valence-corrected chi connectivity index (χ4v) is 2.74. The summed E-state index contributed by atoms with van der Waals surface area (Å²) in [5.41, 5.74) is 1.01. The van der Waals surface area contributed by atoms with Crippen molar-refractivity contribution in [1.82, 2.24) is 0 Å². The highest BCUT2D eigenvalue weighted by Gasteiger charge is 2.16. The van der Waals surface area contributed by atoms with Crippen LogP contribution < -0.4 is 0 Å². The van der Waals surface area contributed by atoms with Crippen molar-refractivity contribution < 1.29 is 13.5 Å². The zero-order chi connectivity index (χ0) is 15.9. The first kappa shape index (κ1) is 17.2. The molecule has 114 valence electrons. The lowest BCUT2D eigenvalue weighted by Crippen LogP contribution is -2.01. The van der Waals surface area contributed by atoms with Crippen molar-refractivity contribution in [1.29, 1.82) is 0 Å². The van der Waals surface area contributed by atoms with Gasteiger partial charge in [0.2, 0.25) is 9.84 Å². The molecule has 3 nitrogen and oxygen atoms in total. The Morgan fingerprint density at radius 1 is 0.810 bits per heavy atom. The fraction of sp³-hybridized carbons (Fsp3) is 0.294. The number of sulfone groups is 1. The van der Waals surface area contributed by atoms with Crippen LogP contribution in [0.5, 0.6) is 5.75 Å². The standard InChI is InChI=1S/C13H12O3S.C4H10/c1-10-2-6-12(7-3-10)17(15,16)13-8-4-11(14)5-9-13;1-3-4-2/h2-9,14H,1H3;3-4H2,1-2H3. The molecule has 0 saturated carbocycles. The highest BCUT2D eigenvalue weighted by Crippen LogP contribution is 2.22. The van der Waals surface area contributed by atoms with E-state index >= 15 is 0 Å². The minimum Gasteiger partial charge on any atom is -0.508 e. The van der Waals surface area contributed by atoms with E-state index in [2.05, 4.69) is 13.8 Å². The van der Waals surface area contributed by atoms with Crippen LogP contribution in [0.15, 0.2) is 58.3 Å². The van der Waals surface area contributed by atoms with Gasteiger partial charge in [-0.2, -0.15) is 0 Å². The van der Waals surface area contributed by atoms with Gasteiger partial charge in [0.1, 0.15) is 5.75 Å². The first-order valence-electron chi connectivity index (χ1n) is 7.02. The molecule has 2 rings (SSSR count). The van der Waals surface area contributed by atoms with Gasteiger partial charge in [-0.3, -0.25) is 0 Å². The maximum absolute atomic E-state index is 12.2. The van der Waals surface area contributed by atoms with Crippen molar-refractivity contribution >= 4 is 9.84 Å². The fourth-order valence-electron chi connectivity index (χ4n) is 1.48. The Kier molecular flexibility index (Phi) is 6.43. The summed E-state index contributed by atoms with van der Waals surface area (Å²) < 4.78 is 24.3. The summed E-state index contributed by atoms with van der Waals surface area (Å²) in [5, 5.41) is 9.13. The van der Waals surface area contributed by atoms with Gasteiger partial charge in [-0.25, -0.2) is 8.42 Å². The summed E-state index contributed by atoms with van der Waals surface area (Å²) in [5.74, 6) is 0.0489. The molecular formula is C17H22O3S. The topological polar surface area (TPSA) is 54.4 Å². The molecule has 0 fully saturated rings. The quantitative estimate of drug-likeness (QED) is 0.917. The monoisotopic (exact) mass is 306 g/mol. The number of phenols is 1. The third-order valence-corrected chi connectivity index (χ3v) is 4.76. The molecule has 0 heterocycles. The average Bonchev–Trinajstić information content (AvgIpc) is 2.48. The number of unbranched alkanes of at least 4 members (excludes halogenated alkanes) is 1. The molecule has 1 N–H and O–H groups in total. The first-order valence-corrected chi connectivity index (χ1v) is 8.51. The van der Waals surface area contributed by atoms with Crippen LogP contribution in [0, 0.1) is 6.92 Å². The SMILES string of the molecule is CCCC.Cc1ccc(S(=O)(=O)c2ccc(O)cc2)cc1. The Hall–Kier alpha value is -1.81.